The molecule has 9 heteroatoms. The van der Waals surface area contributed by atoms with Gasteiger partial charge in [-0.1, -0.05) is 25.5 Å². The third-order valence-corrected chi connectivity index (χ3v) is 6.51. The summed E-state index contributed by atoms with van der Waals surface area (Å²) < 4.78 is 16.8. The molecule has 1 fully saturated rings. The van der Waals surface area contributed by atoms with Gasteiger partial charge in [-0.05, 0) is 64.3 Å². The third-order valence-electron chi connectivity index (χ3n) is 5.91. The van der Waals surface area contributed by atoms with Crippen LogP contribution in [0.25, 0.3) is 5.76 Å². The summed E-state index contributed by atoms with van der Waals surface area (Å²) >= 11 is 3.30. The molecular weight excluding hydrogens is 530 g/mol. The Morgan fingerprint density at radius 1 is 1.17 bits per heavy atom. The molecule has 1 atom stereocenters. The molecule has 8 nitrogen and oxygen atoms in total. The van der Waals surface area contributed by atoms with E-state index in [4.69, 9.17) is 13.9 Å². The zero-order chi connectivity index (χ0) is 25.8. The molecule has 1 aliphatic heterocycles. The number of phenolic OH excluding ortho intramolecular Hbond substituents is 1. The molecule has 3 aromatic rings. The number of nitrogens with zero attached hydrogens (tertiary/aromatic N) is 1. The van der Waals surface area contributed by atoms with Crippen LogP contribution >= 0.6 is 15.9 Å². The number of carbonyl (C=O) groups excluding carboxylic acids is 2. The predicted octanol–water partition coefficient (Wildman–Crippen LogP) is 5.56. The number of hydrogen-bond donors (Lipinski definition) is 2. The summed E-state index contributed by atoms with van der Waals surface area (Å²) in [5, 5.41) is 21.6. The Hall–Kier alpha value is -3.72. The monoisotopic (exact) mass is 555 g/mol. The summed E-state index contributed by atoms with van der Waals surface area (Å²) in [6.45, 7) is 2.58. The lowest BCUT2D eigenvalue weighted by atomic mass is 9.95. The largest absolute Gasteiger partial charge is 0.507 e. The van der Waals surface area contributed by atoms with Gasteiger partial charge < -0.3 is 29.0 Å². The van der Waals surface area contributed by atoms with Gasteiger partial charge >= 0.3 is 0 Å². The van der Waals surface area contributed by atoms with Crippen LogP contribution in [0.1, 0.15) is 42.7 Å². The number of ether oxygens (including phenoxy) is 2. The van der Waals surface area contributed by atoms with E-state index >= 15 is 0 Å². The zero-order valence-corrected chi connectivity index (χ0v) is 21.4. The molecule has 0 radical (unpaired) electrons. The van der Waals surface area contributed by atoms with Crippen molar-refractivity contribution >= 4 is 33.4 Å². The number of likely N-dealkylation sites (tertiary alicyclic amines) is 1. The first-order valence-corrected chi connectivity index (χ1v) is 12.2. The highest BCUT2D eigenvalue weighted by atomic mass is 79.9. The van der Waals surface area contributed by atoms with Crippen LogP contribution in [-0.2, 0) is 16.1 Å². The zero-order valence-electron chi connectivity index (χ0n) is 19.9. The first kappa shape index (κ1) is 25.4. The summed E-state index contributed by atoms with van der Waals surface area (Å²) in [6.07, 6.45) is 3.33. The number of aliphatic hydroxyl groups excluding tert-OH is 1. The third kappa shape index (κ3) is 4.97. The molecule has 1 amide bonds. The van der Waals surface area contributed by atoms with Gasteiger partial charge in [0, 0.05) is 5.56 Å². The molecule has 1 unspecified atom stereocenters. The van der Waals surface area contributed by atoms with Crippen LogP contribution in [0, 0.1) is 0 Å². The van der Waals surface area contributed by atoms with Crippen molar-refractivity contribution in [2.24, 2.45) is 0 Å². The number of aliphatic hydroxyl groups is 1. The summed E-state index contributed by atoms with van der Waals surface area (Å²) in [6, 6.07) is 12.3. The first-order valence-electron chi connectivity index (χ1n) is 11.5. The number of amides is 1. The average Bonchev–Trinajstić information content (AvgIpc) is 3.48. The molecular formula is C27H26BrNO7. The lowest BCUT2D eigenvalue weighted by molar-refractivity contribution is -0.140. The number of Topliss-reactive ketones (excluding diaryl/α,β-unsaturated/α-hetero) is 1. The highest BCUT2D eigenvalue weighted by Gasteiger charge is 2.46. The van der Waals surface area contributed by atoms with Crippen molar-refractivity contribution < 1.29 is 33.7 Å². The van der Waals surface area contributed by atoms with Crippen LogP contribution in [-0.4, -0.2) is 40.5 Å². The smallest absolute Gasteiger partial charge is 0.296 e. The summed E-state index contributed by atoms with van der Waals surface area (Å²) in [7, 11) is 1.40. The van der Waals surface area contributed by atoms with Crippen molar-refractivity contribution in [1.82, 2.24) is 4.90 Å². The number of carbonyl (C=O) groups is 2. The molecule has 0 saturated carbocycles. The Kier molecular flexibility index (Phi) is 7.69. The Balaban J connectivity index is 1.85. The number of ketones is 1. The Labute approximate surface area is 216 Å². The van der Waals surface area contributed by atoms with Crippen LogP contribution in [0.5, 0.6) is 17.2 Å². The number of benzene rings is 2. The summed E-state index contributed by atoms with van der Waals surface area (Å²) in [5.41, 5.74) is 0.714. The van der Waals surface area contributed by atoms with Crippen LogP contribution < -0.4 is 9.47 Å². The Morgan fingerprint density at radius 2 is 1.97 bits per heavy atom. The number of methoxy groups -OCH3 is 1. The number of phenols is 1. The second-order valence-electron chi connectivity index (χ2n) is 8.29. The number of aromatic hydroxyl groups is 1. The normalized spacial score (nSPS) is 17.0. The van der Waals surface area contributed by atoms with Crippen molar-refractivity contribution in [3.63, 3.8) is 0 Å². The van der Waals surface area contributed by atoms with E-state index in [9.17, 15) is 19.8 Å². The predicted molar refractivity (Wildman–Crippen MR) is 136 cm³/mol. The van der Waals surface area contributed by atoms with Gasteiger partial charge in [-0.3, -0.25) is 9.59 Å². The maximum Gasteiger partial charge on any atom is 0.296 e. The lowest BCUT2D eigenvalue weighted by Gasteiger charge is -2.25. The molecule has 1 saturated heterocycles. The summed E-state index contributed by atoms with van der Waals surface area (Å²) in [5.74, 6) is -0.901. The second-order valence-corrected chi connectivity index (χ2v) is 9.14. The van der Waals surface area contributed by atoms with Crippen molar-refractivity contribution in [2.75, 3.05) is 13.7 Å². The van der Waals surface area contributed by atoms with Gasteiger partial charge in [0.2, 0.25) is 0 Å². The van der Waals surface area contributed by atoms with E-state index in [1.165, 1.54) is 24.3 Å². The maximum absolute atomic E-state index is 13.3. The van der Waals surface area contributed by atoms with Crippen LogP contribution in [0.2, 0.25) is 0 Å². The van der Waals surface area contributed by atoms with E-state index in [0.717, 1.165) is 12.8 Å². The maximum atomic E-state index is 13.3. The van der Waals surface area contributed by atoms with Crippen molar-refractivity contribution in [3.05, 3.63) is 81.7 Å². The van der Waals surface area contributed by atoms with E-state index < -0.39 is 17.7 Å². The van der Waals surface area contributed by atoms with E-state index in [1.807, 2.05) is 0 Å². The number of furan rings is 1. The lowest BCUT2D eigenvalue weighted by Crippen LogP contribution is -2.29. The topological polar surface area (TPSA) is 109 Å². The SMILES string of the molecule is CCCCOc1cccc(C(O)=C2C(=O)C(=O)N(Cc3ccco3)C2c2cc(Br)c(O)c(OC)c2)c1. The molecule has 0 spiro atoms. The van der Waals surface area contributed by atoms with Gasteiger partial charge in [0.15, 0.2) is 11.5 Å². The standard InChI is InChI=1S/C27H26BrNO7/c1-3-4-10-35-18-8-5-7-16(12-18)24(30)22-23(17-13-20(28)25(31)21(14-17)34-2)29(27(33)26(22)32)15-19-9-6-11-36-19/h5-9,11-14,23,30-31H,3-4,10,15H2,1-2H3. The van der Waals surface area contributed by atoms with Crippen molar-refractivity contribution in [2.45, 2.75) is 32.4 Å². The quantitative estimate of drug-likeness (QED) is 0.154. The molecule has 0 bridgehead atoms. The fourth-order valence-electron chi connectivity index (χ4n) is 4.09. The van der Waals surface area contributed by atoms with E-state index in [-0.39, 0.29) is 29.4 Å². The molecule has 2 aromatic carbocycles. The van der Waals surface area contributed by atoms with Gasteiger partial charge in [0.1, 0.15) is 17.3 Å². The molecule has 36 heavy (non-hydrogen) atoms. The van der Waals surface area contributed by atoms with Crippen molar-refractivity contribution in [1.29, 1.82) is 0 Å². The van der Waals surface area contributed by atoms with Crippen LogP contribution in [0.15, 0.2) is 69.3 Å². The minimum Gasteiger partial charge on any atom is -0.507 e. The van der Waals surface area contributed by atoms with Gasteiger partial charge in [-0.15, -0.1) is 0 Å². The molecule has 2 heterocycles. The number of hydrogen-bond acceptors (Lipinski definition) is 7. The molecule has 188 valence electrons. The molecule has 4 rings (SSSR count). The second kappa shape index (κ2) is 10.9. The molecule has 2 N–H and O–H groups in total. The summed E-state index contributed by atoms with van der Waals surface area (Å²) in [4.78, 5) is 27.8. The Morgan fingerprint density at radius 3 is 2.67 bits per heavy atom. The minimum atomic E-state index is -0.967. The Bertz CT molecular complexity index is 1300. The van der Waals surface area contributed by atoms with Gasteiger partial charge in [0.25, 0.3) is 11.7 Å². The van der Waals surface area contributed by atoms with Gasteiger partial charge in [-0.2, -0.15) is 0 Å². The van der Waals surface area contributed by atoms with Gasteiger partial charge in [-0.25, -0.2) is 0 Å². The number of unbranched alkanes of at least 4 members (excludes halogenated alkanes) is 1. The molecule has 1 aromatic heterocycles. The fraction of sp³-hybridized carbons (Fsp3) is 0.259. The highest BCUT2D eigenvalue weighted by Crippen LogP contribution is 2.45. The number of rotatable bonds is 9. The van der Waals surface area contributed by atoms with Crippen molar-refractivity contribution in [3.8, 4) is 17.2 Å². The van der Waals surface area contributed by atoms with E-state index in [0.29, 0.717) is 33.7 Å². The molecule has 1 aliphatic rings. The average molecular weight is 556 g/mol. The van der Waals surface area contributed by atoms with Crippen LogP contribution in [0.4, 0.5) is 0 Å². The van der Waals surface area contributed by atoms with Gasteiger partial charge in [0.05, 0.1) is 42.6 Å². The van der Waals surface area contributed by atoms with E-state index in [2.05, 4.69) is 22.9 Å². The first-order chi connectivity index (χ1) is 17.3. The number of halogens is 1. The van der Waals surface area contributed by atoms with E-state index in [1.54, 1.807) is 42.5 Å². The minimum absolute atomic E-state index is 0.000000499. The van der Waals surface area contributed by atoms with Crippen LogP contribution in [0.3, 0.4) is 0 Å². The molecule has 0 aliphatic carbocycles. The fourth-order valence-corrected chi connectivity index (χ4v) is 4.55. The highest BCUT2D eigenvalue weighted by molar-refractivity contribution is 9.10.